The van der Waals surface area contributed by atoms with Crippen LogP contribution >= 0.6 is 11.3 Å². The lowest BCUT2D eigenvalue weighted by atomic mass is 10.2. The standard InChI is InChI=1S/C20H20N5S/c1-3-17-18(4-2)26-20(21-17)25-23-19(15-11-7-5-8-12-15)22-24(25)16-13-9-6-10-14-16/h5-14H,3-4H2,1-2H3/q+1. The van der Waals surface area contributed by atoms with Crippen molar-refractivity contribution < 1.29 is 4.80 Å². The highest BCUT2D eigenvalue weighted by molar-refractivity contribution is 7.13. The Morgan fingerprint density at radius 2 is 1.62 bits per heavy atom. The van der Waals surface area contributed by atoms with Crippen molar-refractivity contribution in [1.29, 1.82) is 0 Å². The molecule has 0 aliphatic rings. The van der Waals surface area contributed by atoms with Crippen molar-refractivity contribution in [3.05, 3.63) is 71.2 Å². The van der Waals surface area contributed by atoms with E-state index < -0.39 is 0 Å². The Bertz CT molecular complexity index is 984. The molecule has 0 radical (unpaired) electrons. The van der Waals surface area contributed by atoms with Crippen molar-refractivity contribution in [2.75, 3.05) is 0 Å². The number of aryl methyl sites for hydroxylation is 2. The van der Waals surface area contributed by atoms with Crippen molar-refractivity contribution in [3.63, 3.8) is 0 Å². The van der Waals surface area contributed by atoms with Gasteiger partial charge in [0.05, 0.1) is 0 Å². The monoisotopic (exact) mass is 362 g/mol. The molecule has 0 saturated heterocycles. The van der Waals surface area contributed by atoms with Crippen LogP contribution in [0, 0.1) is 0 Å². The fourth-order valence-corrected chi connectivity index (χ4v) is 3.87. The van der Waals surface area contributed by atoms with E-state index in [2.05, 4.69) is 13.8 Å². The van der Waals surface area contributed by atoms with Crippen molar-refractivity contribution in [2.45, 2.75) is 26.7 Å². The first-order valence-corrected chi connectivity index (χ1v) is 9.61. The van der Waals surface area contributed by atoms with Gasteiger partial charge in [0.25, 0.3) is 5.82 Å². The van der Waals surface area contributed by atoms with Crippen LogP contribution in [0.2, 0.25) is 0 Å². The lowest BCUT2D eigenvalue weighted by molar-refractivity contribution is -0.734. The Balaban J connectivity index is 1.90. The molecule has 4 aromatic rings. The van der Waals surface area contributed by atoms with Gasteiger partial charge in [-0.2, -0.15) is 0 Å². The van der Waals surface area contributed by atoms with E-state index in [0.717, 1.165) is 34.9 Å². The first kappa shape index (κ1) is 16.6. The van der Waals surface area contributed by atoms with Gasteiger partial charge >= 0.3 is 5.13 Å². The van der Waals surface area contributed by atoms with E-state index in [9.17, 15) is 0 Å². The number of nitrogens with zero attached hydrogens (tertiary/aromatic N) is 5. The molecule has 2 heterocycles. The number of benzene rings is 2. The van der Waals surface area contributed by atoms with E-state index in [1.165, 1.54) is 4.88 Å². The average Bonchev–Trinajstić information content (AvgIpc) is 3.33. The lowest BCUT2D eigenvalue weighted by Gasteiger charge is -1.97. The molecule has 6 heteroatoms. The van der Waals surface area contributed by atoms with E-state index in [1.807, 2.05) is 65.5 Å². The van der Waals surface area contributed by atoms with Crippen LogP contribution in [-0.2, 0) is 12.8 Å². The summed E-state index contributed by atoms with van der Waals surface area (Å²) >= 11 is 1.68. The maximum atomic E-state index is 4.82. The molecular formula is C20H20N5S+. The minimum Gasteiger partial charge on any atom is -0.0935 e. The van der Waals surface area contributed by atoms with Crippen molar-refractivity contribution in [1.82, 2.24) is 20.0 Å². The third-order valence-corrected chi connectivity index (χ3v) is 5.38. The van der Waals surface area contributed by atoms with Crippen LogP contribution in [0.1, 0.15) is 24.4 Å². The van der Waals surface area contributed by atoms with Gasteiger partial charge in [0.2, 0.25) is 0 Å². The summed E-state index contributed by atoms with van der Waals surface area (Å²) in [6.07, 6.45) is 1.90. The minimum absolute atomic E-state index is 0.681. The summed E-state index contributed by atoms with van der Waals surface area (Å²) in [5, 5.41) is 10.4. The zero-order chi connectivity index (χ0) is 17.9. The number of aromatic nitrogens is 5. The maximum absolute atomic E-state index is 4.82. The van der Waals surface area contributed by atoms with Gasteiger partial charge in [0.15, 0.2) is 0 Å². The van der Waals surface area contributed by atoms with Gasteiger partial charge in [-0.25, -0.2) is 0 Å². The average molecular weight is 362 g/mol. The van der Waals surface area contributed by atoms with Crippen LogP contribution in [-0.4, -0.2) is 20.0 Å². The lowest BCUT2D eigenvalue weighted by Crippen LogP contribution is -2.43. The molecule has 0 bridgehead atoms. The van der Waals surface area contributed by atoms with Gasteiger partial charge in [-0.05, 0) is 45.4 Å². The zero-order valence-electron chi connectivity index (χ0n) is 14.8. The van der Waals surface area contributed by atoms with Crippen LogP contribution < -0.4 is 4.80 Å². The molecule has 0 fully saturated rings. The van der Waals surface area contributed by atoms with Gasteiger partial charge in [-0.15, -0.1) is 0 Å². The predicted octanol–water partition coefficient (Wildman–Crippen LogP) is 3.79. The molecule has 2 aromatic heterocycles. The molecule has 0 aliphatic heterocycles. The highest BCUT2D eigenvalue weighted by Crippen LogP contribution is 2.21. The third kappa shape index (κ3) is 3.04. The van der Waals surface area contributed by atoms with E-state index >= 15 is 0 Å². The normalized spacial score (nSPS) is 11.0. The van der Waals surface area contributed by atoms with Crippen LogP contribution in [0.4, 0.5) is 0 Å². The first-order chi connectivity index (χ1) is 12.8. The number of hydrogen-bond acceptors (Lipinski definition) is 4. The molecule has 0 saturated carbocycles. The van der Waals surface area contributed by atoms with Crippen LogP contribution in [0.5, 0.6) is 0 Å². The summed E-state index contributed by atoms with van der Waals surface area (Å²) in [6, 6.07) is 20.1. The van der Waals surface area contributed by atoms with Gasteiger partial charge in [0.1, 0.15) is 11.4 Å². The molecule has 4 rings (SSSR count). The summed E-state index contributed by atoms with van der Waals surface area (Å²) < 4.78 is 0. The van der Waals surface area contributed by atoms with Crippen LogP contribution in [0.3, 0.4) is 0 Å². The topological polar surface area (TPSA) is 47.5 Å². The summed E-state index contributed by atoms with van der Waals surface area (Å²) in [6.45, 7) is 4.30. The number of thiazole rings is 1. The Labute approximate surface area is 156 Å². The van der Waals surface area contributed by atoms with Crippen LogP contribution in [0.15, 0.2) is 60.7 Å². The summed E-state index contributed by atoms with van der Waals surface area (Å²) in [4.78, 5) is 9.75. The fourth-order valence-electron chi connectivity index (χ4n) is 2.85. The molecular weight excluding hydrogens is 342 g/mol. The maximum Gasteiger partial charge on any atom is 0.364 e. The highest BCUT2D eigenvalue weighted by atomic mass is 32.1. The quantitative estimate of drug-likeness (QED) is 0.508. The molecule has 26 heavy (non-hydrogen) atoms. The van der Waals surface area contributed by atoms with Crippen molar-refractivity contribution in [3.8, 4) is 22.2 Å². The summed E-state index contributed by atoms with van der Waals surface area (Å²) in [7, 11) is 0. The molecule has 0 N–H and O–H groups in total. The fraction of sp³-hybridized carbons (Fsp3) is 0.200. The molecule has 5 nitrogen and oxygen atoms in total. The Morgan fingerprint density at radius 3 is 2.23 bits per heavy atom. The largest absolute Gasteiger partial charge is 0.364 e. The van der Waals surface area contributed by atoms with Gasteiger partial charge in [-0.3, -0.25) is 0 Å². The molecule has 130 valence electrons. The smallest absolute Gasteiger partial charge is 0.0935 e. The molecule has 2 aromatic carbocycles. The molecule has 0 spiro atoms. The summed E-state index contributed by atoms with van der Waals surface area (Å²) in [5.74, 6) is 0.681. The second-order valence-electron chi connectivity index (χ2n) is 5.88. The second-order valence-corrected chi connectivity index (χ2v) is 6.94. The van der Waals surface area contributed by atoms with E-state index in [1.54, 1.807) is 16.1 Å². The van der Waals surface area contributed by atoms with Gasteiger partial charge in [-0.1, -0.05) is 66.6 Å². The first-order valence-electron chi connectivity index (χ1n) is 8.79. The molecule has 0 unspecified atom stereocenters. The zero-order valence-corrected chi connectivity index (χ0v) is 15.6. The third-order valence-electron chi connectivity index (χ3n) is 4.17. The summed E-state index contributed by atoms with van der Waals surface area (Å²) in [5.41, 5.74) is 3.08. The van der Waals surface area contributed by atoms with E-state index in [0.29, 0.717) is 5.82 Å². The molecule has 0 aliphatic carbocycles. The van der Waals surface area contributed by atoms with Crippen molar-refractivity contribution in [2.24, 2.45) is 0 Å². The number of para-hydroxylation sites is 1. The van der Waals surface area contributed by atoms with Gasteiger partial charge in [0, 0.05) is 22.0 Å². The Kier molecular flexibility index (Phi) is 4.58. The number of tetrazole rings is 1. The number of rotatable bonds is 5. The van der Waals surface area contributed by atoms with E-state index in [4.69, 9.17) is 15.2 Å². The molecule has 0 amide bonds. The molecule has 0 atom stereocenters. The van der Waals surface area contributed by atoms with Crippen LogP contribution in [0.25, 0.3) is 22.2 Å². The minimum atomic E-state index is 0.681. The predicted molar refractivity (Wildman–Crippen MR) is 103 cm³/mol. The highest BCUT2D eigenvalue weighted by Gasteiger charge is 2.25. The van der Waals surface area contributed by atoms with Gasteiger partial charge < -0.3 is 0 Å². The second kappa shape index (κ2) is 7.17. The van der Waals surface area contributed by atoms with E-state index in [-0.39, 0.29) is 0 Å². The van der Waals surface area contributed by atoms with Crippen molar-refractivity contribution >= 4 is 11.3 Å². The number of hydrogen-bond donors (Lipinski definition) is 0. The SMILES string of the molecule is CCc1nc(-[n+]2nc(-c3ccccc3)nn2-c2ccccc2)sc1CC. The Hall–Kier alpha value is -2.86. The Morgan fingerprint density at radius 1 is 0.923 bits per heavy atom.